The van der Waals surface area contributed by atoms with E-state index in [-0.39, 0.29) is 36.3 Å². The Morgan fingerprint density at radius 1 is 1.12 bits per heavy atom. The molecule has 7 heteroatoms. The van der Waals surface area contributed by atoms with Gasteiger partial charge < -0.3 is 15.4 Å². The molecule has 2 aliphatic heterocycles. The van der Waals surface area contributed by atoms with Crippen LogP contribution in [0.25, 0.3) is 0 Å². The van der Waals surface area contributed by atoms with E-state index in [1.165, 1.54) is 5.56 Å². The Morgan fingerprint density at radius 3 is 2.31 bits per heavy atom. The van der Waals surface area contributed by atoms with Gasteiger partial charge in [-0.25, -0.2) is 0 Å². The molecule has 0 aromatic heterocycles. The predicted molar refractivity (Wildman–Crippen MR) is 109 cm³/mol. The molecule has 0 unspecified atom stereocenters. The molecule has 26 heavy (non-hydrogen) atoms. The van der Waals surface area contributed by atoms with Crippen molar-refractivity contribution in [3.05, 3.63) is 35.9 Å². The minimum Gasteiger partial charge on any atom is -0.381 e. The molecule has 0 spiro atoms. The number of carbonyl (C=O) groups is 1. The zero-order valence-electron chi connectivity index (χ0n) is 15.6. The van der Waals surface area contributed by atoms with Crippen LogP contribution in [0.15, 0.2) is 30.3 Å². The number of nitrogens with two attached hydrogens (primary N) is 1. The second-order valence-corrected chi connectivity index (χ2v) is 7.71. The van der Waals surface area contributed by atoms with Crippen LogP contribution in [0.3, 0.4) is 0 Å². The molecule has 2 saturated heterocycles. The zero-order chi connectivity index (χ0) is 17.2. The van der Waals surface area contributed by atoms with Crippen LogP contribution in [-0.4, -0.2) is 59.6 Å². The summed E-state index contributed by atoms with van der Waals surface area (Å²) in [6, 6.07) is 10.5. The maximum atomic E-state index is 13.0. The summed E-state index contributed by atoms with van der Waals surface area (Å²) in [4.78, 5) is 17.4. The summed E-state index contributed by atoms with van der Waals surface area (Å²) >= 11 is 0. The van der Waals surface area contributed by atoms with Crippen molar-refractivity contribution in [3.8, 4) is 0 Å². The second kappa shape index (κ2) is 9.38. The maximum Gasteiger partial charge on any atom is 0.242 e. The van der Waals surface area contributed by atoms with Gasteiger partial charge in [-0.2, -0.15) is 0 Å². The van der Waals surface area contributed by atoms with Crippen molar-refractivity contribution in [2.24, 2.45) is 5.73 Å². The highest BCUT2D eigenvalue weighted by atomic mass is 35.5. The molecule has 0 atom stereocenters. The first kappa shape index (κ1) is 23.2. The molecule has 1 amide bonds. The lowest BCUT2D eigenvalue weighted by atomic mass is 9.88. The average molecular weight is 404 g/mol. The lowest BCUT2D eigenvalue weighted by molar-refractivity contribution is -0.145. The summed E-state index contributed by atoms with van der Waals surface area (Å²) in [5.41, 5.74) is 6.90. The standard InChI is InChI=1S/C19H29N3O2.2ClH/c1-18(2)15-21(17(23)19(20)8-12-24-13-9-19)10-11-22(18)14-16-6-4-3-5-7-16;;/h3-7H,8-15,20H2,1-2H3;2*1H. The van der Waals surface area contributed by atoms with Gasteiger partial charge >= 0.3 is 0 Å². The van der Waals surface area contributed by atoms with Crippen molar-refractivity contribution in [2.45, 2.75) is 44.3 Å². The fourth-order valence-corrected chi connectivity index (χ4v) is 3.72. The molecule has 1 aromatic carbocycles. The third-order valence-corrected chi connectivity index (χ3v) is 5.39. The number of amides is 1. The van der Waals surface area contributed by atoms with Gasteiger partial charge in [-0.3, -0.25) is 9.69 Å². The van der Waals surface area contributed by atoms with E-state index >= 15 is 0 Å². The Labute approximate surface area is 169 Å². The highest BCUT2D eigenvalue weighted by Crippen LogP contribution is 2.27. The van der Waals surface area contributed by atoms with Gasteiger partial charge in [0, 0.05) is 44.9 Å². The van der Waals surface area contributed by atoms with Crippen molar-refractivity contribution >= 4 is 30.7 Å². The van der Waals surface area contributed by atoms with Crippen molar-refractivity contribution in [3.63, 3.8) is 0 Å². The van der Waals surface area contributed by atoms with Crippen LogP contribution in [0.4, 0.5) is 0 Å². The summed E-state index contributed by atoms with van der Waals surface area (Å²) in [7, 11) is 0. The topological polar surface area (TPSA) is 58.8 Å². The number of hydrogen-bond acceptors (Lipinski definition) is 4. The van der Waals surface area contributed by atoms with Crippen LogP contribution in [0.5, 0.6) is 0 Å². The van der Waals surface area contributed by atoms with Crippen LogP contribution in [0.2, 0.25) is 0 Å². The lowest BCUT2D eigenvalue weighted by Crippen LogP contribution is -2.65. The van der Waals surface area contributed by atoms with Crippen LogP contribution >= 0.6 is 24.8 Å². The third-order valence-electron chi connectivity index (χ3n) is 5.39. The predicted octanol–water partition coefficient (Wildman–Crippen LogP) is 2.46. The summed E-state index contributed by atoms with van der Waals surface area (Å²) in [6.07, 6.45) is 1.24. The van der Waals surface area contributed by atoms with E-state index in [0.29, 0.717) is 26.1 Å². The molecular formula is C19H31Cl2N3O2. The maximum absolute atomic E-state index is 13.0. The van der Waals surface area contributed by atoms with Gasteiger partial charge in [-0.15, -0.1) is 24.8 Å². The van der Waals surface area contributed by atoms with Gasteiger partial charge in [0.1, 0.15) is 0 Å². The molecule has 2 N–H and O–H groups in total. The monoisotopic (exact) mass is 403 g/mol. The fourth-order valence-electron chi connectivity index (χ4n) is 3.72. The Bertz CT molecular complexity index is 577. The van der Waals surface area contributed by atoms with E-state index in [9.17, 15) is 4.79 Å². The SMILES string of the molecule is CC1(C)CN(C(=O)C2(N)CCOCC2)CCN1Cc1ccccc1.Cl.Cl. The van der Waals surface area contributed by atoms with Gasteiger partial charge in [-0.1, -0.05) is 30.3 Å². The molecule has 2 fully saturated rings. The fraction of sp³-hybridized carbons (Fsp3) is 0.632. The number of carbonyl (C=O) groups excluding carboxylic acids is 1. The lowest BCUT2D eigenvalue weighted by Gasteiger charge is -2.49. The first-order valence-electron chi connectivity index (χ1n) is 8.86. The molecule has 0 saturated carbocycles. The molecule has 3 rings (SSSR count). The van der Waals surface area contributed by atoms with Crippen LogP contribution in [0.1, 0.15) is 32.3 Å². The normalized spacial score (nSPS) is 22.0. The molecular weight excluding hydrogens is 373 g/mol. The van der Waals surface area contributed by atoms with Crippen molar-refractivity contribution in [1.29, 1.82) is 0 Å². The van der Waals surface area contributed by atoms with E-state index in [4.69, 9.17) is 10.5 Å². The quantitative estimate of drug-likeness (QED) is 0.841. The molecule has 0 bridgehead atoms. The van der Waals surface area contributed by atoms with E-state index in [1.807, 2.05) is 11.0 Å². The van der Waals surface area contributed by atoms with Crippen LogP contribution < -0.4 is 5.73 Å². The Morgan fingerprint density at radius 2 is 1.73 bits per heavy atom. The average Bonchev–Trinajstić information content (AvgIpc) is 2.57. The third kappa shape index (κ3) is 5.11. The number of nitrogens with zero attached hydrogens (tertiary/aromatic N) is 2. The van der Waals surface area contributed by atoms with Crippen LogP contribution in [-0.2, 0) is 16.1 Å². The first-order valence-corrected chi connectivity index (χ1v) is 8.86. The smallest absolute Gasteiger partial charge is 0.242 e. The summed E-state index contributed by atoms with van der Waals surface area (Å²) < 4.78 is 5.37. The van der Waals surface area contributed by atoms with Gasteiger partial charge in [-0.05, 0) is 32.3 Å². The summed E-state index contributed by atoms with van der Waals surface area (Å²) in [5, 5.41) is 0. The molecule has 2 heterocycles. The highest BCUT2D eigenvalue weighted by Gasteiger charge is 2.43. The largest absolute Gasteiger partial charge is 0.381 e. The van der Waals surface area contributed by atoms with E-state index < -0.39 is 5.54 Å². The summed E-state index contributed by atoms with van der Waals surface area (Å²) in [5.74, 6) is 0.0956. The molecule has 2 aliphatic rings. The highest BCUT2D eigenvalue weighted by molar-refractivity contribution is 5.86. The minimum atomic E-state index is -0.740. The Hall–Kier alpha value is -0.850. The minimum absolute atomic E-state index is 0. The number of halogens is 2. The number of piperazine rings is 1. The second-order valence-electron chi connectivity index (χ2n) is 7.71. The Kier molecular flexibility index (Phi) is 8.36. The van der Waals surface area contributed by atoms with Crippen molar-refractivity contribution in [2.75, 3.05) is 32.8 Å². The summed E-state index contributed by atoms with van der Waals surface area (Å²) in [6.45, 7) is 8.84. The molecule has 5 nitrogen and oxygen atoms in total. The Balaban J connectivity index is 0.00000169. The number of ether oxygens (including phenoxy) is 1. The first-order chi connectivity index (χ1) is 11.4. The van der Waals surface area contributed by atoms with Gasteiger partial charge in [0.25, 0.3) is 0 Å². The number of hydrogen-bond donors (Lipinski definition) is 1. The van der Waals surface area contributed by atoms with Gasteiger partial charge in [0.2, 0.25) is 5.91 Å². The molecule has 0 radical (unpaired) electrons. The molecule has 1 aromatic rings. The number of benzene rings is 1. The van der Waals surface area contributed by atoms with Crippen molar-refractivity contribution in [1.82, 2.24) is 9.80 Å². The molecule has 148 valence electrons. The van der Waals surface area contributed by atoms with E-state index in [2.05, 4.69) is 43.0 Å². The number of rotatable bonds is 3. The van der Waals surface area contributed by atoms with E-state index in [0.717, 1.165) is 26.2 Å². The van der Waals surface area contributed by atoms with E-state index in [1.54, 1.807) is 0 Å². The van der Waals surface area contributed by atoms with Crippen molar-refractivity contribution < 1.29 is 9.53 Å². The zero-order valence-corrected chi connectivity index (χ0v) is 17.3. The van der Waals surface area contributed by atoms with Gasteiger partial charge in [0.05, 0.1) is 5.54 Å². The van der Waals surface area contributed by atoms with Crippen LogP contribution in [0, 0.1) is 0 Å². The molecule has 0 aliphatic carbocycles. The van der Waals surface area contributed by atoms with Gasteiger partial charge in [0.15, 0.2) is 0 Å².